The third-order valence-corrected chi connectivity index (χ3v) is 4.49. The molecule has 0 aliphatic rings. The number of para-hydroxylation sites is 2. The van der Waals surface area contributed by atoms with Gasteiger partial charge in [0.2, 0.25) is 0 Å². The Balaban J connectivity index is 1.40. The molecular formula is C22H17F2N3O. The van der Waals surface area contributed by atoms with E-state index in [1.54, 1.807) is 12.1 Å². The molecule has 0 aliphatic heterocycles. The van der Waals surface area contributed by atoms with E-state index in [4.69, 9.17) is 0 Å². The van der Waals surface area contributed by atoms with Gasteiger partial charge >= 0.3 is 0 Å². The lowest BCUT2D eigenvalue weighted by Gasteiger charge is -2.08. The van der Waals surface area contributed by atoms with Crippen LogP contribution in [0, 0.1) is 11.6 Å². The number of fused-ring (bicyclic) bond motifs is 1. The van der Waals surface area contributed by atoms with Gasteiger partial charge < -0.3 is 10.3 Å². The number of nitrogens with one attached hydrogen (secondary N) is 2. The van der Waals surface area contributed by atoms with Gasteiger partial charge in [-0.3, -0.25) is 4.79 Å². The fourth-order valence-electron chi connectivity index (χ4n) is 3.05. The van der Waals surface area contributed by atoms with E-state index >= 15 is 0 Å². The number of rotatable bonds is 5. The maximum Gasteiger partial charge on any atom is 0.261 e. The Bertz CT molecular complexity index is 1080. The summed E-state index contributed by atoms with van der Waals surface area (Å²) >= 11 is 0. The summed E-state index contributed by atoms with van der Waals surface area (Å²) in [7, 11) is 0. The molecule has 0 spiro atoms. The smallest absolute Gasteiger partial charge is 0.261 e. The molecular weight excluding hydrogens is 360 g/mol. The molecule has 6 heteroatoms. The minimum atomic E-state index is -0.889. The zero-order valence-corrected chi connectivity index (χ0v) is 14.9. The van der Waals surface area contributed by atoms with Gasteiger partial charge in [0, 0.05) is 12.1 Å². The summed E-state index contributed by atoms with van der Waals surface area (Å²) in [4.78, 5) is 20.0. The first kappa shape index (κ1) is 17.9. The third kappa shape index (κ3) is 3.76. The predicted octanol–water partition coefficient (Wildman–Crippen LogP) is 4.88. The van der Waals surface area contributed by atoms with Gasteiger partial charge in [-0.2, -0.15) is 0 Å². The van der Waals surface area contributed by atoms with E-state index in [-0.39, 0.29) is 0 Å². The van der Waals surface area contributed by atoms with Gasteiger partial charge in [0.1, 0.15) is 23.0 Å². The number of aromatic nitrogens is 2. The van der Waals surface area contributed by atoms with Crippen LogP contribution >= 0.6 is 0 Å². The van der Waals surface area contributed by atoms with Gasteiger partial charge in [-0.15, -0.1) is 0 Å². The highest BCUT2D eigenvalue weighted by Crippen LogP contribution is 2.17. The molecule has 28 heavy (non-hydrogen) atoms. The van der Waals surface area contributed by atoms with Crippen LogP contribution in [0.4, 0.5) is 14.5 Å². The Morgan fingerprint density at radius 2 is 1.61 bits per heavy atom. The van der Waals surface area contributed by atoms with Gasteiger partial charge in [0.05, 0.1) is 11.0 Å². The lowest BCUT2D eigenvalue weighted by atomic mass is 10.1. The number of benzene rings is 3. The molecule has 1 amide bonds. The van der Waals surface area contributed by atoms with Gasteiger partial charge in [-0.05, 0) is 48.4 Å². The van der Waals surface area contributed by atoms with Crippen molar-refractivity contribution in [1.29, 1.82) is 0 Å². The van der Waals surface area contributed by atoms with Crippen molar-refractivity contribution in [3.8, 4) is 0 Å². The van der Waals surface area contributed by atoms with Crippen molar-refractivity contribution in [2.45, 2.75) is 12.8 Å². The van der Waals surface area contributed by atoms with E-state index in [2.05, 4.69) is 15.3 Å². The van der Waals surface area contributed by atoms with Crippen molar-refractivity contribution in [2.24, 2.45) is 0 Å². The van der Waals surface area contributed by atoms with E-state index in [9.17, 15) is 13.6 Å². The Kier molecular flexibility index (Phi) is 4.85. The normalized spacial score (nSPS) is 10.9. The van der Waals surface area contributed by atoms with Crippen molar-refractivity contribution in [3.63, 3.8) is 0 Å². The molecule has 0 unspecified atom stereocenters. The van der Waals surface area contributed by atoms with Crippen LogP contribution in [0.3, 0.4) is 0 Å². The summed E-state index contributed by atoms with van der Waals surface area (Å²) in [5.74, 6) is -1.68. The Labute approximate surface area is 160 Å². The molecule has 4 aromatic rings. The highest BCUT2D eigenvalue weighted by Gasteiger charge is 2.17. The van der Waals surface area contributed by atoms with E-state index in [1.807, 2.05) is 36.4 Å². The molecule has 0 bridgehead atoms. The van der Waals surface area contributed by atoms with Crippen molar-refractivity contribution < 1.29 is 13.6 Å². The molecule has 0 fully saturated rings. The molecule has 0 atom stereocenters. The first-order valence-electron chi connectivity index (χ1n) is 8.88. The Morgan fingerprint density at radius 1 is 0.893 bits per heavy atom. The van der Waals surface area contributed by atoms with Gasteiger partial charge in [-0.1, -0.05) is 30.3 Å². The van der Waals surface area contributed by atoms with Crippen molar-refractivity contribution in [3.05, 3.63) is 95.3 Å². The number of anilines is 1. The summed E-state index contributed by atoms with van der Waals surface area (Å²) < 4.78 is 27.4. The van der Waals surface area contributed by atoms with Crippen LogP contribution in [0.25, 0.3) is 11.0 Å². The summed E-state index contributed by atoms with van der Waals surface area (Å²) in [6, 6.07) is 18.4. The Morgan fingerprint density at radius 3 is 2.32 bits per heavy atom. The van der Waals surface area contributed by atoms with Crippen molar-refractivity contribution in [1.82, 2.24) is 9.97 Å². The molecule has 140 valence electrons. The van der Waals surface area contributed by atoms with Gasteiger partial charge in [0.15, 0.2) is 0 Å². The number of carbonyl (C=O) groups excluding carboxylic acids is 1. The summed E-state index contributed by atoms with van der Waals surface area (Å²) in [6.45, 7) is 0. The fourth-order valence-corrected chi connectivity index (χ4v) is 3.05. The van der Waals surface area contributed by atoms with Crippen LogP contribution in [0.15, 0.2) is 66.7 Å². The zero-order chi connectivity index (χ0) is 19.5. The molecule has 2 N–H and O–H groups in total. The maximum absolute atomic E-state index is 13.7. The Hall–Kier alpha value is -3.54. The number of imidazole rings is 1. The second-order valence-corrected chi connectivity index (χ2v) is 6.45. The van der Waals surface area contributed by atoms with Crippen LogP contribution in [-0.4, -0.2) is 15.9 Å². The minimum Gasteiger partial charge on any atom is -0.342 e. The van der Waals surface area contributed by atoms with Crippen molar-refractivity contribution >= 4 is 22.6 Å². The molecule has 0 saturated carbocycles. The molecule has 0 saturated heterocycles. The van der Waals surface area contributed by atoms with E-state index in [1.165, 1.54) is 6.07 Å². The molecule has 0 aliphatic carbocycles. The topological polar surface area (TPSA) is 57.8 Å². The number of nitrogens with zero attached hydrogens (tertiary/aromatic N) is 1. The van der Waals surface area contributed by atoms with E-state index in [0.717, 1.165) is 47.4 Å². The number of hydrogen-bond acceptors (Lipinski definition) is 2. The second-order valence-electron chi connectivity index (χ2n) is 6.45. The van der Waals surface area contributed by atoms with Gasteiger partial charge in [-0.25, -0.2) is 13.8 Å². The first-order valence-corrected chi connectivity index (χ1v) is 8.88. The predicted molar refractivity (Wildman–Crippen MR) is 104 cm³/mol. The third-order valence-electron chi connectivity index (χ3n) is 4.49. The lowest BCUT2D eigenvalue weighted by molar-refractivity contribution is 0.101. The number of amides is 1. The fraction of sp³-hybridized carbons (Fsp3) is 0.0909. The summed E-state index contributed by atoms with van der Waals surface area (Å²) in [5, 5.41) is 2.52. The summed E-state index contributed by atoms with van der Waals surface area (Å²) in [6.07, 6.45) is 1.52. The maximum atomic E-state index is 13.7. The molecule has 0 radical (unpaired) electrons. The summed E-state index contributed by atoms with van der Waals surface area (Å²) in [5.41, 5.74) is 2.90. The lowest BCUT2D eigenvalue weighted by Crippen LogP contribution is -2.15. The average molecular weight is 377 g/mol. The number of halogens is 2. The number of aromatic amines is 1. The van der Waals surface area contributed by atoms with Crippen LogP contribution in [0.5, 0.6) is 0 Å². The number of H-pyrrole nitrogens is 1. The van der Waals surface area contributed by atoms with Crippen molar-refractivity contribution in [2.75, 3.05) is 5.32 Å². The van der Waals surface area contributed by atoms with Crippen LogP contribution in [0.2, 0.25) is 0 Å². The SMILES string of the molecule is O=C(Nc1ccc(CCc2nc3ccccc3[nH]2)cc1)c1c(F)cccc1F. The molecule has 4 rings (SSSR count). The zero-order valence-electron chi connectivity index (χ0n) is 14.9. The number of aryl methyl sites for hydroxylation is 2. The molecule has 4 nitrogen and oxygen atoms in total. The molecule has 3 aromatic carbocycles. The molecule has 1 heterocycles. The average Bonchev–Trinajstić information content (AvgIpc) is 3.10. The second kappa shape index (κ2) is 7.60. The van der Waals surface area contributed by atoms with Crippen LogP contribution in [0.1, 0.15) is 21.7 Å². The standard InChI is InChI=1S/C22H17F2N3O/c23-16-4-3-5-17(24)21(16)22(28)25-15-11-8-14(9-12-15)10-13-20-26-18-6-1-2-7-19(18)27-20/h1-9,11-12H,10,13H2,(H,25,28)(H,26,27). The van der Waals surface area contributed by atoms with Gasteiger partial charge in [0.25, 0.3) is 5.91 Å². The minimum absolute atomic E-state index is 0.472. The highest BCUT2D eigenvalue weighted by atomic mass is 19.1. The van der Waals surface area contributed by atoms with E-state index < -0.39 is 23.1 Å². The molecule has 1 aromatic heterocycles. The van der Waals surface area contributed by atoms with E-state index in [0.29, 0.717) is 5.69 Å². The number of hydrogen-bond donors (Lipinski definition) is 2. The van der Waals surface area contributed by atoms with Crippen LogP contribution in [-0.2, 0) is 12.8 Å². The largest absolute Gasteiger partial charge is 0.342 e. The number of carbonyl (C=O) groups is 1. The highest BCUT2D eigenvalue weighted by molar-refractivity contribution is 6.04. The monoisotopic (exact) mass is 377 g/mol. The quantitative estimate of drug-likeness (QED) is 0.521. The van der Waals surface area contributed by atoms with Crippen LogP contribution < -0.4 is 5.32 Å². The first-order chi connectivity index (χ1) is 13.6.